The van der Waals surface area contributed by atoms with Gasteiger partial charge in [-0.3, -0.25) is 0 Å². The number of thiophene rings is 1. The van der Waals surface area contributed by atoms with E-state index in [0.717, 1.165) is 33.6 Å². The Balaban J connectivity index is 1.05. The average Bonchev–Trinajstić information content (AvgIpc) is 4.01. The van der Waals surface area contributed by atoms with Gasteiger partial charge >= 0.3 is 0 Å². The third kappa shape index (κ3) is 5.73. The minimum absolute atomic E-state index is 0.632. The summed E-state index contributed by atoms with van der Waals surface area (Å²) in [4.78, 5) is 15.2. The summed E-state index contributed by atoms with van der Waals surface area (Å²) in [7, 11) is 0. The monoisotopic (exact) mass is 821 g/mol. The van der Waals surface area contributed by atoms with E-state index in [4.69, 9.17) is 15.0 Å². The van der Waals surface area contributed by atoms with Gasteiger partial charge in [-0.05, 0) is 71.8 Å². The fraction of sp³-hybridized carbons (Fsp3) is 0. The Morgan fingerprint density at radius 2 is 0.857 bits per heavy atom. The van der Waals surface area contributed by atoms with Gasteiger partial charge in [0.1, 0.15) is 0 Å². The molecule has 0 aliphatic carbocycles. The Morgan fingerprint density at radius 3 is 1.57 bits per heavy atom. The maximum atomic E-state index is 5.11. The van der Waals surface area contributed by atoms with E-state index >= 15 is 0 Å². The second kappa shape index (κ2) is 14.2. The van der Waals surface area contributed by atoms with Crippen molar-refractivity contribution in [2.45, 2.75) is 0 Å². The Bertz CT molecular complexity index is 3830. The lowest BCUT2D eigenvalue weighted by Gasteiger charge is -2.11. The second-order valence-electron chi connectivity index (χ2n) is 16.0. The summed E-state index contributed by atoms with van der Waals surface area (Å²) in [5.74, 6) is 1.92. The van der Waals surface area contributed by atoms with Crippen LogP contribution in [-0.2, 0) is 0 Å². The summed E-state index contributed by atoms with van der Waals surface area (Å²) in [6.45, 7) is 0. The number of hydrogen-bond acceptors (Lipinski definition) is 4. The molecule has 9 aromatic carbocycles. The molecule has 0 atom stereocenters. The molecule has 4 heterocycles. The van der Waals surface area contributed by atoms with E-state index in [1.807, 2.05) is 47.7 Å². The van der Waals surface area contributed by atoms with Crippen LogP contribution >= 0.6 is 11.3 Å². The molecule has 0 aliphatic heterocycles. The van der Waals surface area contributed by atoms with Crippen molar-refractivity contribution in [2.24, 2.45) is 0 Å². The van der Waals surface area contributed by atoms with Gasteiger partial charge in [-0.1, -0.05) is 152 Å². The molecule has 4 aromatic heterocycles. The molecule has 0 N–H and O–H groups in total. The molecule has 6 heteroatoms. The molecule has 0 saturated heterocycles. The first-order valence-electron chi connectivity index (χ1n) is 21.2. The van der Waals surface area contributed by atoms with Crippen LogP contribution in [0, 0.1) is 0 Å². The topological polar surface area (TPSA) is 48.5 Å². The molecule has 5 nitrogen and oxygen atoms in total. The Hall–Kier alpha value is -8.19. The predicted octanol–water partition coefficient (Wildman–Crippen LogP) is 15.1. The molecule has 13 aromatic rings. The van der Waals surface area contributed by atoms with Crippen LogP contribution < -0.4 is 0 Å². The van der Waals surface area contributed by atoms with E-state index in [1.54, 1.807) is 0 Å². The third-order valence-corrected chi connectivity index (χ3v) is 13.5. The summed E-state index contributed by atoms with van der Waals surface area (Å²) in [5, 5.41) is 7.35. The van der Waals surface area contributed by atoms with Gasteiger partial charge in [0, 0.05) is 69.8 Å². The van der Waals surface area contributed by atoms with Crippen molar-refractivity contribution in [1.29, 1.82) is 0 Å². The molecule has 0 amide bonds. The fourth-order valence-electron chi connectivity index (χ4n) is 9.48. The van der Waals surface area contributed by atoms with Crippen molar-refractivity contribution >= 4 is 75.1 Å². The highest BCUT2D eigenvalue weighted by molar-refractivity contribution is 7.26. The van der Waals surface area contributed by atoms with Crippen LogP contribution in [0.5, 0.6) is 0 Å². The van der Waals surface area contributed by atoms with Crippen molar-refractivity contribution in [3.8, 4) is 56.7 Å². The van der Waals surface area contributed by atoms with E-state index in [2.05, 4.69) is 185 Å². The Morgan fingerprint density at radius 1 is 0.302 bits per heavy atom. The predicted molar refractivity (Wildman–Crippen MR) is 263 cm³/mol. The zero-order valence-electron chi connectivity index (χ0n) is 33.9. The zero-order chi connectivity index (χ0) is 41.4. The minimum atomic E-state index is 0.632. The van der Waals surface area contributed by atoms with E-state index in [0.29, 0.717) is 17.5 Å². The zero-order valence-corrected chi connectivity index (χ0v) is 34.7. The molecule has 0 fully saturated rings. The number of para-hydroxylation sites is 2. The van der Waals surface area contributed by atoms with Crippen molar-refractivity contribution in [3.05, 3.63) is 212 Å². The van der Waals surface area contributed by atoms with E-state index in [-0.39, 0.29) is 0 Å². The van der Waals surface area contributed by atoms with Gasteiger partial charge in [0.25, 0.3) is 0 Å². The van der Waals surface area contributed by atoms with Crippen LogP contribution in [0.2, 0.25) is 0 Å². The summed E-state index contributed by atoms with van der Waals surface area (Å²) >= 11 is 1.85. The van der Waals surface area contributed by atoms with Gasteiger partial charge in [-0.25, -0.2) is 15.0 Å². The van der Waals surface area contributed by atoms with Gasteiger partial charge in [0.05, 0.1) is 22.1 Å². The lowest BCUT2D eigenvalue weighted by molar-refractivity contribution is 1.07. The molecule has 0 bridgehead atoms. The van der Waals surface area contributed by atoms with E-state index in [9.17, 15) is 0 Å². The summed E-state index contributed by atoms with van der Waals surface area (Å²) < 4.78 is 7.38. The number of aromatic nitrogens is 5. The average molecular weight is 822 g/mol. The molecule has 0 aliphatic rings. The molecular formula is C57H35N5S. The number of fused-ring (bicyclic) bond motifs is 10. The first-order valence-corrected chi connectivity index (χ1v) is 22.0. The van der Waals surface area contributed by atoms with Gasteiger partial charge in [-0.2, -0.15) is 0 Å². The standard InChI is InChI=1S/C57H35N5S/c1-5-15-36(16-6-1)39-26-30-49-46(33-39)43-23-13-14-24-48(43)61(49)42-27-31-51-47(35-42)53-52(63-51)32-29-45-44-28-25-40(34-50(44)62(54(45)53)41-21-11-4-12-22-41)57-59-55(37-17-7-2-8-18-37)58-56(60-57)38-19-9-3-10-20-38/h1-35H. The van der Waals surface area contributed by atoms with Gasteiger partial charge in [-0.15, -0.1) is 11.3 Å². The molecule has 13 rings (SSSR count). The first kappa shape index (κ1) is 35.6. The second-order valence-corrected chi connectivity index (χ2v) is 17.1. The van der Waals surface area contributed by atoms with Crippen LogP contribution in [0.3, 0.4) is 0 Å². The van der Waals surface area contributed by atoms with Crippen molar-refractivity contribution in [3.63, 3.8) is 0 Å². The highest BCUT2D eigenvalue weighted by Gasteiger charge is 2.21. The van der Waals surface area contributed by atoms with Crippen molar-refractivity contribution in [2.75, 3.05) is 0 Å². The van der Waals surface area contributed by atoms with Crippen LogP contribution in [0.4, 0.5) is 0 Å². The number of nitrogens with zero attached hydrogens (tertiary/aromatic N) is 5. The molecule has 294 valence electrons. The lowest BCUT2D eigenvalue weighted by atomic mass is 10.0. The van der Waals surface area contributed by atoms with Crippen LogP contribution in [0.25, 0.3) is 120 Å². The molecular weight excluding hydrogens is 787 g/mol. The molecule has 0 unspecified atom stereocenters. The lowest BCUT2D eigenvalue weighted by Crippen LogP contribution is -2.00. The SMILES string of the molecule is c1ccc(-c2ccc3c(c2)c2ccccc2n3-c2ccc3sc4ccc5c6ccc(-c7nc(-c8ccccc8)nc(-c8ccccc8)n7)cc6n(-c6ccccc6)c5c4c3c2)cc1. The largest absolute Gasteiger partial charge is 0.309 e. The van der Waals surface area contributed by atoms with Crippen molar-refractivity contribution in [1.82, 2.24) is 24.1 Å². The van der Waals surface area contributed by atoms with E-state index < -0.39 is 0 Å². The van der Waals surface area contributed by atoms with Crippen LogP contribution in [0.1, 0.15) is 0 Å². The molecule has 0 spiro atoms. The summed E-state index contributed by atoms with van der Waals surface area (Å²) in [6.07, 6.45) is 0. The molecule has 0 saturated carbocycles. The van der Waals surface area contributed by atoms with E-state index in [1.165, 1.54) is 69.4 Å². The first-order chi connectivity index (χ1) is 31.2. The summed E-state index contributed by atoms with van der Waals surface area (Å²) in [5.41, 5.74) is 12.2. The van der Waals surface area contributed by atoms with Gasteiger partial charge in [0.15, 0.2) is 17.5 Å². The number of rotatable bonds is 6. The minimum Gasteiger partial charge on any atom is -0.309 e. The summed E-state index contributed by atoms with van der Waals surface area (Å²) in [6, 6.07) is 75.7. The molecule has 0 radical (unpaired) electrons. The normalized spacial score (nSPS) is 11.8. The van der Waals surface area contributed by atoms with Crippen LogP contribution in [-0.4, -0.2) is 24.1 Å². The highest BCUT2D eigenvalue weighted by atomic mass is 32.1. The third-order valence-electron chi connectivity index (χ3n) is 12.4. The van der Waals surface area contributed by atoms with Gasteiger partial charge < -0.3 is 9.13 Å². The quantitative estimate of drug-likeness (QED) is 0.168. The maximum Gasteiger partial charge on any atom is 0.164 e. The van der Waals surface area contributed by atoms with Crippen LogP contribution in [0.15, 0.2) is 212 Å². The smallest absolute Gasteiger partial charge is 0.164 e. The Kier molecular flexibility index (Phi) is 8.01. The number of benzene rings is 9. The fourth-order valence-corrected chi connectivity index (χ4v) is 10.6. The highest BCUT2D eigenvalue weighted by Crippen LogP contribution is 2.45. The van der Waals surface area contributed by atoms with Gasteiger partial charge in [0.2, 0.25) is 0 Å². The number of hydrogen-bond donors (Lipinski definition) is 0. The Labute approximate surface area is 366 Å². The maximum absolute atomic E-state index is 5.11. The van der Waals surface area contributed by atoms with Crippen molar-refractivity contribution < 1.29 is 0 Å². The molecule has 63 heavy (non-hydrogen) atoms.